The van der Waals surface area contributed by atoms with Crippen LogP contribution in [0.15, 0.2) is 0 Å². The van der Waals surface area contributed by atoms with Crippen LogP contribution >= 0.6 is 7.91 Å². The van der Waals surface area contributed by atoms with E-state index in [1.54, 1.807) is 0 Å². The maximum atomic E-state index is 10.1. The van der Waals surface area contributed by atoms with Crippen molar-refractivity contribution >= 4 is 7.91 Å². The van der Waals surface area contributed by atoms with Gasteiger partial charge in [0.05, 0.1) is 52.4 Å². The van der Waals surface area contributed by atoms with Gasteiger partial charge in [0, 0.05) is 25.7 Å². The van der Waals surface area contributed by atoms with Gasteiger partial charge in [-0.15, -0.1) is 0 Å². The average molecular weight is 383 g/mol. The first-order valence-electron chi connectivity index (χ1n) is 9.78. The van der Waals surface area contributed by atoms with Crippen LogP contribution in [0.5, 0.6) is 0 Å². The first kappa shape index (κ1) is 25.0. The number of quaternary nitrogens is 2. The standard InChI is InChI=1S/2C9H20N.FH2O3P/c2*1-4-7-10(3)8-5-6-9(10)2;1-5(2,3)4/h2*9H,4-8H2,1-3H3;(H2,2,3,4)/q2*+1;/p-2. The van der Waals surface area contributed by atoms with Crippen molar-refractivity contribution < 1.29 is 27.5 Å². The van der Waals surface area contributed by atoms with Crippen molar-refractivity contribution in [3.05, 3.63) is 0 Å². The summed E-state index contributed by atoms with van der Waals surface area (Å²) in [5, 5.41) is 0. The van der Waals surface area contributed by atoms with Gasteiger partial charge in [-0.2, -0.15) is 0 Å². The van der Waals surface area contributed by atoms with E-state index in [4.69, 9.17) is 14.4 Å². The lowest BCUT2D eigenvalue weighted by atomic mass is 10.2. The van der Waals surface area contributed by atoms with E-state index in [2.05, 4.69) is 41.8 Å². The predicted molar refractivity (Wildman–Crippen MR) is 98.5 cm³/mol. The second-order valence-corrected chi connectivity index (χ2v) is 9.13. The monoisotopic (exact) mass is 382 g/mol. The minimum atomic E-state index is -5.64. The maximum absolute atomic E-state index is 10.1. The highest BCUT2D eigenvalue weighted by Crippen LogP contribution is 2.25. The Labute approximate surface area is 154 Å². The molecule has 0 radical (unpaired) electrons. The van der Waals surface area contributed by atoms with Crippen molar-refractivity contribution in [3.8, 4) is 0 Å². The van der Waals surface area contributed by atoms with Crippen LogP contribution in [0.25, 0.3) is 0 Å². The second-order valence-electron chi connectivity index (χ2n) is 8.27. The van der Waals surface area contributed by atoms with Crippen molar-refractivity contribution in [2.24, 2.45) is 0 Å². The Kier molecular flexibility index (Phi) is 11.0. The molecule has 0 spiro atoms. The first-order valence-corrected chi connectivity index (χ1v) is 11.2. The van der Waals surface area contributed by atoms with E-state index >= 15 is 0 Å². The maximum Gasteiger partial charge on any atom is 0.110 e. The molecule has 25 heavy (non-hydrogen) atoms. The number of rotatable bonds is 4. The van der Waals surface area contributed by atoms with Gasteiger partial charge in [-0.25, -0.2) is 4.20 Å². The smallest absolute Gasteiger partial charge is 0.110 e. The highest BCUT2D eigenvalue weighted by atomic mass is 31.2. The van der Waals surface area contributed by atoms with E-state index in [1.165, 1.54) is 73.7 Å². The Morgan fingerprint density at radius 1 is 0.920 bits per heavy atom. The summed E-state index contributed by atoms with van der Waals surface area (Å²) < 4.78 is 21.2. The summed E-state index contributed by atoms with van der Waals surface area (Å²) in [6, 6.07) is 1.83. The van der Waals surface area contributed by atoms with Gasteiger partial charge in [-0.05, 0) is 26.7 Å². The Morgan fingerprint density at radius 2 is 1.20 bits per heavy atom. The molecular weight excluding hydrogens is 342 g/mol. The summed E-state index contributed by atoms with van der Waals surface area (Å²) in [4.78, 5) is 16.9. The van der Waals surface area contributed by atoms with Crippen LogP contribution in [0.1, 0.15) is 66.2 Å². The van der Waals surface area contributed by atoms with Gasteiger partial charge in [0.25, 0.3) is 0 Å². The van der Waals surface area contributed by atoms with E-state index in [0.717, 1.165) is 12.1 Å². The molecule has 0 amide bonds. The third-order valence-electron chi connectivity index (χ3n) is 6.18. The summed E-state index contributed by atoms with van der Waals surface area (Å²) in [6.45, 7) is 14.9. The molecule has 2 saturated heterocycles. The Bertz CT molecular complexity index is 385. The van der Waals surface area contributed by atoms with E-state index in [9.17, 15) is 4.20 Å². The molecule has 5 nitrogen and oxygen atoms in total. The zero-order chi connectivity index (χ0) is 19.7. The third-order valence-corrected chi connectivity index (χ3v) is 6.18. The van der Waals surface area contributed by atoms with Gasteiger partial charge >= 0.3 is 0 Å². The van der Waals surface area contributed by atoms with Crippen LogP contribution in [-0.2, 0) is 4.57 Å². The van der Waals surface area contributed by atoms with Crippen LogP contribution in [0.2, 0.25) is 0 Å². The van der Waals surface area contributed by atoms with E-state index in [-0.39, 0.29) is 0 Å². The van der Waals surface area contributed by atoms with Gasteiger partial charge in [0.1, 0.15) is 7.91 Å². The predicted octanol–water partition coefficient (Wildman–Crippen LogP) is 2.84. The van der Waals surface area contributed by atoms with Gasteiger partial charge in [-0.1, -0.05) is 13.8 Å². The molecule has 0 aromatic rings. The zero-order valence-electron chi connectivity index (χ0n) is 17.2. The fraction of sp³-hybridized carbons (Fsp3) is 1.00. The summed E-state index contributed by atoms with van der Waals surface area (Å²) in [6.07, 6.45) is 8.43. The number of hydrogen-bond donors (Lipinski definition) is 0. The molecule has 0 saturated carbocycles. The fourth-order valence-electron chi connectivity index (χ4n) is 4.25. The second kappa shape index (κ2) is 11.0. The molecule has 2 rings (SSSR count). The summed E-state index contributed by atoms with van der Waals surface area (Å²) in [5.41, 5.74) is 0. The minimum Gasteiger partial charge on any atom is -0.786 e. The van der Waals surface area contributed by atoms with Gasteiger partial charge in [0.2, 0.25) is 0 Å². The van der Waals surface area contributed by atoms with Gasteiger partial charge in [-0.3, -0.25) is 0 Å². The van der Waals surface area contributed by atoms with Crippen molar-refractivity contribution in [1.82, 2.24) is 0 Å². The van der Waals surface area contributed by atoms with Gasteiger partial charge < -0.3 is 23.3 Å². The third kappa shape index (κ3) is 10.0. The molecule has 2 heterocycles. The van der Waals surface area contributed by atoms with Crippen molar-refractivity contribution in [1.29, 1.82) is 0 Å². The molecule has 2 fully saturated rings. The largest absolute Gasteiger partial charge is 0.786 e. The number of halogens is 1. The van der Waals surface area contributed by atoms with Crippen molar-refractivity contribution in [3.63, 3.8) is 0 Å². The quantitative estimate of drug-likeness (QED) is 0.555. The van der Waals surface area contributed by atoms with Crippen LogP contribution in [-0.4, -0.2) is 61.3 Å². The zero-order valence-corrected chi connectivity index (χ0v) is 18.1. The molecule has 4 atom stereocenters. The molecule has 7 heteroatoms. The number of hydrogen-bond acceptors (Lipinski definition) is 3. The molecule has 0 aliphatic carbocycles. The Hall–Kier alpha value is -0.0000000000000000555. The average Bonchev–Trinajstić information content (AvgIpc) is 2.94. The van der Waals surface area contributed by atoms with E-state index in [0.29, 0.717) is 0 Å². The lowest BCUT2D eigenvalue weighted by Gasteiger charge is -2.34. The lowest BCUT2D eigenvalue weighted by Crippen LogP contribution is -2.46. The van der Waals surface area contributed by atoms with Gasteiger partial charge in [0.15, 0.2) is 0 Å². The fourth-order valence-corrected chi connectivity index (χ4v) is 4.25. The van der Waals surface area contributed by atoms with E-state index in [1.807, 2.05) is 0 Å². The Balaban J connectivity index is 0.000000368. The van der Waals surface area contributed by atoms with Crippen LogP contribution < -0.4 is 9.79 Å². The normalized spacial score (nSPS) is 34.8. The molecule has 4 unspecified atom stereocenters. The molecule has 0 bridgehead atoms. The summed E-state index contributed by atoms with van der Waals surface area (Å²) >= 11 is 0. The molecule has 0 aromatic heterocycles. The van der Waals surface area contributed by atoms with E-state index < -0.39 is 7.91 Å². The molecule has 0 aromatic carbocycles. The van der Waals surface area contributed by atoms with Crippen molar-refractivity contribution in [2.45, 2.75) is 78.3 Å². The molecule has 2 aliphatic rings. The highest BCUT2D eigenvalue weighted by Gasteiger charge is 2.33. The minimum absolute atomic E-state index is 0.917. The topological polar surface area (TPSA) is 63.2 Å². The molecule has 0 N–H and O–H groups in total. The summed E-state index contributed by atoms with van der Waals surface area (Å²) in [5.74, 6) is 0. The van der Waals surface area contributed by atoms with Crippen molar-refractivity contribution in [2.75, 3.05) is 40.3 Å². The highest BCUT2D eigenvalue weighted by molar-refractivity contribution is 7.42. The summed E-state index contributed by atoms with van der Waals surface area (Å²) in [7, 11) is -0.831. The first-order chi connectivity index (χ1) is 11.4. The number of nitrogens with zero attached hydrogens (tertiary/aromatic N) is 2. The number of likely N-dealkylation sites (tertiary alicyclic amines) is 2. The van der Waals surface area contributed by atoms with Crippen LogP contribution in [0.3, 0.4) is 0 Å². The SMILES string of the molecule is CCC[N+]1(C)CCCC1C.CCC[N+]1(C)CCCC1C.O=P([O-])([O-])F. The molecular formula is C18H40FN2O3P. The van der Waals surface area contributed by atoms with Crippen LogP contribution in [0.4, 0.5) is 4.20 Å². The molecule has 2 aliphatic heterocycles. The lowest BCUT2D eigenvalue weighted by molar-refractivity contribution is -0.919. The Morgan fingerprint density at radius 3 is 1.36 bits per heavy atom. The molecule has 152 valence electrons. The van der Waals surface area contributed by atoms with Crippen LogP contribution in [0, 0.1) is 0 Å².